The smallest absolute Gasteiger partial charge is 0.357 e. The third-order valence-corrected chi connectivity index (χ3v) is 3.44. The van der Waals surface area contributed by atoms with Crippen molar-refractivity contribution in [3.63, 3.8) is 0 Å². The van der Waals surface area contributed by atoms with Crippen LogP contribution < -0.4 is 10.6 Å². The van der Waals surface area contributed by atoms with Crippen molar-refractivity contribution in [1.29, 1.82) is 0 Å². The maximum Gasteiger partial charge on any atom is 0.416 e. The molecule has 1 aromatic heterocycles. The second-order valence-electron chi connectivity index (χ2n) is 5.60. The standard InChI is InChI=1S/C17H22F3N5.HI/c1-3-21-16(22-8-9-25-12-13(2)10-24-25)23-11-14-4-6-15(7-5-14)17(18,19)20;/h4-7,10,12H,3,8-9,11H2,1-2H3,(H2,21,22,23);1H. The number of aryl methyl sites for hydroxylation is 1. The molecule has 2 aromatic rings. The third kappa shape index (κ3) is 7.22. The molecule has 0 radical (unpaired) electrons. The number of benzene rings is 1. The van der Waals surface area contributed by atoms with Crippen LogP contribution in [-0.2, 0) is 19.3 Å². The van der Waals surface area contributed by atoms with E-state index in [1.807, 2.05) is 24.7 Å². The number of halogens is 4. The van der Waals surface area contributed by atoms with Gasteiger partial charge >= 0.3 is 6.18 Å². The Kier molecular flexibility index (Phi) is 8.89. The number of rotatable bonds is 6. The number of aliphatic imine (C=N–C) groups is 1. The summed E-state index contributed by atoms with van der Waals surface area (Å²) in [5.74, 6) is 0.617. The van der Waals surface area contributed by atoms with Crippen molar-refractivity contribution in [2.75, 3.05) is 13.1 Å². The van der Waals surface area contributed by atoms with Gasteiger partial charge in [0.2, 0.25) is 0 Å². The number of hydrogen-bond donors (Lipinski definition) is 2. The van der Waals surface area contributed by atoms with Gasteiger partial charge in [0, 0.05) is 19.3 Å². The van der Waals surface area contributed by atoms with Gasteiger partial charge in [0.25, 0.3) is 0 Å². The zero-order chi connectivity index (χ0) is 18.3. The molecule has 5 nitrogen and oxygen atoms in total. The molecule has 26 heavy (non-hydrogen) atoms. The molecule has 1 aromatic carbocycles. The highest BCUT2D eigenvalue weighted by Crippen LogP contribution is 2.29. The first-order valence-corrected chi connectivity index (χ1v) is 8.06. The maximum absolute atomic E-state index is 12.6. The van der Waals surface area contributed by atoms with E-state index in [0.717, 1.165) is 17.7 Å². The van der Waals surface area contributed by atoms with E-state index < -0.39 is 11.7 Å². The molecule has 0 fully saturated rings. The molecule has 0 unspecified atom stereocenters. The van der Waals surface area contributed by atoms with Gasteiger partial charge in [-0.3, -0.25) is 4.68 Å². The summed E-state index contributed by atoms with van der Waals surface area (Å²) in [7, 11) is 0. The maximum atomic E-state index is 12.6. The fraction of sp³-hybridized carbons (Fsp3) is 0.412. The van der Waals surface area contributed by atoms with Crippen molar-refractivity contribution in [2.45, 2.75) is 33.1 Å². The molecule has 2 N–H and O–H groups in total. The van der Waals surface area contributed by atoms with Crippen molar-refractivity contribution in [2.24, 2.45) is 4.99 Å². The average molecular weight is 481 g/mol. The van der Waals surface area contributed by atoms with Crippen molar-refractivity contribution in [3.05, 3.63) is 53.3 Å². The van der Waals surface area contributed by atoms with E-state index in [-0.39, 0.29) is 24.0 Å². The molecule has 0 spiro atoms. The molecule has 0 aliphatic heterocycles. The summed E-state index contributed by atoms with van der Waals surface area (Å²) in [5, 5.41) is 10.5. The van der Waals surface area contributed by atoms with Crippen LogP contribution in [0, 0.1) is 6.92 Å². The van der Waals surface area contributed by atoms with Crippen LogP contribution >= 0.6 is 24.0 Å². The molecule has 1 heterocycles. The minimum Gasteiger partial charge on any atom is -0.357 e. The molecule has 9 heteroatoms. The first-order chi connectivity index (χ1) is 11.9. The van der Waals surface area contributed by atoms with Gasteiger partial charge in [0.05, 0.1) is 24.8 Å². The lowest BCUT2D eigenvalue weighted by molar-refractivity contribution is -0.137. The first-order valence-electron chi connectivity index (χ1n) is 8.06. The highest BCUT2D eigenvalue weighted by Gasteiger charge is 2.29. The lowest BCUT2D eigenvalue weighted by Gasteiger charge is -2.11. The zero-order valence-corrected chi connectivity index (χ0v) is 17.0. The Morgan fingerprint density at radius 2 is 1.88 bits per heavy atom. The second kappa shape index (κ2) is 10.4. The van der Waals surface area contributed by atoms with E-state index in [2.05, 4.69) is 20.7 Å². The van der Waals surface area contributed by atoms with Crippen LogP contribution in [0.4, 0.5) is 13.2 Å². The molecular weight excluding hydrogens is 458 g/mol. The van der Waals surface area contributed by atoms with E-state index in [0.29, 0.717) is 37.7 Å². The number of nitrogens with one attached hydrogen (secondary N) is 2. The summed E-state index contributed by atoms with van der Waals surface area (Å²) < 4.78 is 39.5. The summed E-state index contributed by atoms with van der Waals surface area (Å²) in [6, 6.07) is 5.04. The van der Waals surface area contributed by atoms with Crippen LogP contribution in [-0.4, -0.2) is 28.8 Å². The predicted molar refractivity (Wildman–Crippen MR) is 107 cm³/mol. The lowest BCUT2D eigenvalue weighted by atomic mass is 10.1. The van der Waals surface area contributed by atoms with Crippen LogP contribution in [0.15, 0.2) is 41.7 Å². The van der Waals surface area contributed by atoms with Crippen LogP contribution in [0.1, 0.15) is 23.6 Å². The normalized spacial score (nSPS) is 11.8. The third-order valence-electron chi connectivity index (χ3n) is 3.44. The van der Waals surface area contributed by atoms with Gasteiger partial charge in [-0.2, -0.15) is 18.3 Å². The van der Waals surface area contributed by atoms with Gasteiger partial charge in [-0.15, -0.1) is 24.0 Å². The van der Waals surface area contributed by atoms with Crippen molar-refractivity contribution in [1.82, 2.24) is 20.4 Å². The molecule has 144 valence electrons. The van der Waals surface area contributed by atoms with Crippen LogP contribution in [0.3, 0.4) is 0 Å². The van der Waals surface area contributed by atoms with Crippen molar-refractivity contribution in [3.8, 4) is 0 Å². The van der Waals surface area contributed by atoms with Crippen LogP contribution in [0.5, 0.6) is 0 Å². The summed E-state index contributed by atoms with van der Waals surface area (Å²) in [6.45, 7) is 6.26. The Balaban J connectivity index is 0.00000338. The topological polar surface area (TPSA) is 54.2 Å². The summed E-state index contributed by atoms with van der Waals surface area (Å²) >= 11 is 0. The molecule has 2 rings (SSSR count). The monoisotopic (exact) mass is 481 g/mol. The Morgan fingerprint density at radius 1 is 1.19 bits per heavy atom. The number of guanidine groups is 1. The van der Waals surface area contributed by atoms with Gasteiger partial charge in [-0.25, -0.2) is 4.99 Å². The highest BCUT2D eigenvalue weighted by atomic mass is 127. The summed E-state index contributed by atoms with van der Waals surface area (Å²) in [4.78, 5) is 4.40. The van der Waals surface area contributed by atoms with Crippen molar-refractivity contribution < 1.29 is 13.2 Å². The fourth-order valence-corrected chi connectivity index (χ4v) is 2.19. The number of alkyl halides is 3. The Labute approximate surface area is 168 Å². The molecule has 0 atom stereocenters. The van der Waals surface area contributed by atoms with Gasteiger partial charge in [-0.05, 0) is 37.1 Å². The van der Waals surface area contributed by atoms with Gasteiger partial charge in [-0.1, -0.05) is 12.1 Å². The fourth-order valence-electron chi connectivity index (χ4n) is 2.19. The molecule has 0 saturated heterocycles. The Bertz CT molecular complexity index is 695. The SMILES string of the molecule is CCNC(=NCc1ccc(C(F)(F)F)cc1)NCCn1cc(C)cn1.I. The molecule has 0 bridgehead atoms. The molecule has 0 saturated carbocycles. The minimum atomic E-state index is -4.32. The quantitative estimate of drug-likeness (QED) is 0.377. The van der Waals surface area contributed by atoms with E-state index in [1.165, 1.54) is 12.1 Å². The molecule has 0 aliphatic rings. The van der Waals surface area contributed by atoms with Crippen LogP contribution in [0.25, 0.3) is 0 Å². The Hall–Kier alpha value is -1.78. The minimum absolute atomic E-state index is 0. The number of nitrogens with zero attached hydrogens (tertiary/aromatic N) is 3. The van der Waals surface area contributed by atoms with Gasteiger partial charge < -0.3 is 10.6 Å². The van der Waals surface area contributed by atoms with Gasteiger partial charge in [0.1, 0.15) is 0 Å². The molecule has 0 amide bonds. The van der Waals surface area contributed by atoms with E-state index in [9.17, 15) is 13.2 Å². The highest BCUT2D eigenvalue weighted by molar-refractivity contribution is 14.0. The Morgan fingerprint density at radius 3 is 2.42 bits per heavy atom. The summed E-state index contributed by atoms with van der Waals surface area (Å²) in [5.41, 5.74) is 1.16. The van der Waals surface area contributed by atoms with Crippen molar-refractivity contribution >= 4 is 29.9 Å². The predicted octanol–water partition coefficient (Wildman–Crippen LogP) is 3.58. The van der Waals surface area contributed by atoms with Gasteiger partial charge in [0.15, 0.2) is 5.96 Å². The molecule has 0 aliphatic carbocycles. The average Bonchev–Trinajstić information content (AvgIpc) is 2.97. The molecular formula is C17H23F3IN5. The second-order valence-corrected chi connectivity index (χ2v) is 5.60. The largest absolute Gasteiger partial charge is 0.416 e. The first kappa shape index (κ1) is 22.3. The number of hydrogen-bond acceptors (Lipinski definition) is 2. The van der Waals surface area contributed by atoms with Crippen LogP contribution in [0.2, 0.25) is 0 Å². The lowest BCUT2D eigenvalue weighted by Crippen LogP contribution is -2.38. The van der Waals surface area contributed by atoms with E-state index in [1.54, 1.807) is 6.20 Å². The van der Waals surface area contributed by atoms with E-state index >= 15 is 0 Å². The zero-order valence-electron chi connectivity index (χ0n) is 14.7. The summed E-state index contributed by atoms with van der Waals surface area (Å²) in [6.07, 6.45) is -0.568. The van der Waals surface area contributed by atoms with E-state index in [4.69, 9.17) is 0 Å². The number of aromatic nitrogens is 2.